The number of aromatic hydroxyl groups is 2. The van der Waals surface area contributed by atoms with Crippen LogP contribution in [0.15, 0.2) is 41.5 Å². The first-order valence-corrected chi connectivity index (χ1v) is 13.3. The number of hydrogen-bond acceptors (Lipinski definition) is 11. The van der Waals surface area contributed by atoms with Crippen LogP contribution in [0.5, 0.6) is 17.2 Å². The minimum atomic E-state index is -2.48. The highest BCUT2D eigenvalue weighted by atomic mass is 16.6. The number of allylic oxidation sites excluding steroid dienone is 3. The van der Waals surface area contributed by atoms with Gasteiger partial charge < -0.3 is 35.0 Å². The Labute approximate surface area is 237 Å². The maximum Gasteiger partial charge on any atom is 0.358 e. The molecule has 214 valence electrons. The van der Waals surface area contributed by atoms with Crippen LogP contribution in [0.25, 0.3) is 11.5 Å². The molecule has 1 saturated carbocycles. The SMILES string of the molecule is COC(=O)[C@@]12Oc3c(c(O)cc4c3[C@@H]3C=C[C@@]5(C4)C(=O)c4cc(C)cc(O)c4C(O)=C5C3=O)C(O)=C1C(=O)CC[C@@H]2O. The third-order valence-corrected chi connectivity index (χ3v) is 9.09. The van der Waals surface area contributed by atoms with Gasteiger partial charge in [0.15, 0.2) is 17.3 Å². The predicted octanol–water partition coefficient (Wildman–Crippen LogP) is 2.63. The Morgan fingerprint density at radius 3 is 2.40 bits per heavy atom. The largest absolute Gasteiger partial charge is 0.507 e. The highest BCUT2D eigenvalue weighted by Crippen LogP contribution is 2.59. The van der Waals surface area contributed by atoms with Gasteiger partial charge in [-0.2, -0.15) is 0 Å². The summed E-state index contributed by atoms with van der Waals surface area (Å²) >= 11 is 0. The Kier molecular flexibility index (Phi) is 5.02. The van der Waals surface area contributed by atoms with Gasteiger partial charge in [0.25, 0.3) is 5.60 Å². The van der Waals surface area contributed by atoms with Crippen LogP contribution in [0.4, 0.5) is 0 Å². The summed E-state index contributed by atoms with van der Waals surface area (Å²) in [6.45, 7) is 1.67. The molecule has 1 spiro atoms. The molecule has 0 radical (unpaired) electrons. The zero-order valence-electron chi connectivity index (χ0n) is 22.3. The standard InChI is InChI=1S/C31H24O11/c1-11-7-14-20(16(33)8-11)25(37)23-24(36)13-5-6-30(23,28(14)39)10-12-9-17(34)21-26(38)22-15(32)3-4-18(35)31(22,29(40)41-2)42-27(21)19(12)13/h5-9,13,18,33-35,37-38H,3-4,10H2,1-2H3/t13-,18-,30-,31-/m0/s1. The number of esters is 1. The van der Waals surface area contributed by atoms with Gasteiger partial charge in [0.2, 0.25) is 0 Å². The number of phenolic OH excluding ortho intramolecular Hbond substituents is 2. The van der Waals surface area contributed by atoms with E-state index in [2.05, 4.69) is 0 Å². The molecule has 2 bridgehead atoms. The molecule has 1 heterocycles. The van der Waals surface area contributed by atoms with Crippen molar-refractivity contribution in [2.45, 2.75) is 43.8 Å². The molecule has 0 unspecified atom stereocenters. The minimum absolute atomic E-state index is 0.0187. The monoisotopic (exact) mass is 572 g/mol. The number of aliphatic hydroxyl groups excluding tert-OH is 3. The second kappa shape index (κ2) is 8.10. The number of phenols is 2. The lowest BCUT2D eigenvalue weighted by Gasteiger charge is -2.43. The summed E-state index contributed by atoms with van der Waals surface area (Å²) in [6.07, 6.45) is 0.684. The average Bonchev–Trinajstić information content (AvgIpc) is 3.16. The number of carbonyl (C=O) groups excluding carboxylic acids is 4. The lowest BCUT2D eigenvalue weighted by molar-refractivity contribution is -0.169. The second-order valence-electron chi connectivity index (χ2n) is 11.3. The van der Waals surface area contributed by atoms with Gasteiger partial charge in [-0.25, -0.2) is 4.79 Å². The number of fused-ring (bicyclic) bond motifs is 3. The van der Waals surface area contributed by atoms with Gasteiger partial charge >= 0.3 is 5.97 Å². The Morgan fingerprint density at radius 2 is 1.69 bits per heavy atom. The fraction of sp³-hybridized carbons (Fsp3) is 0.290. The van der Waals surface area contributed by atoms with E-state index in [1.807, 2.05) is 0 Å². The summed E-state index contributed by atoms with van der Waals surface area (Å²) in [4.78, 5) is 54.5. The predicted molar refractivity (Wildman–Crippen MR) is 143 cm³/mol. The van der Waals surface area contributed by atoms with E-state index in [-0.39, 0.29) is 64.2 Å². The molecule has 11 heteroatoms. The number of carbonyl (C=O) groups is 4. The molecule has 8 rings (SSSR count). The molecule has 0 saturated heterocycles. The maximum absolute atomic E-state index is 14.2. The number of Topliss-reactive ketones (excluding diaryl/α,β-unsaturated/α-hetero) is 3. The molecular weight excluding hydrogens is 548 g/mol. The third-order valence-electron chi connectivity index (χ3n) is 9.09. The molecule has 2 aromatic carbocycles. The van der Waals surface area contributed by atoms with E-state index in [4.69, 9.17) is 9.47 Å². The van der Waals surface area contributed by atoms with E-state index in [0.717, 1.165) is 7.11 Å². The van der Waals surface area contributed by atoms with Crippen molar-refractivity contribution in [3.8, 4) is 17.2 Å². The molecule has 4 atom stereocenters. The van der Waals surface area contributed by atoms with Crippen molar-refractivity contribution in [2.75, 3.05) is 7.11 Å². The molecule has 0 amide bonds. The van der Waals surface area contributed by atoms with E-state index in [1.54, 1.807) is 6.92 Å². The van der Waals surface area contributed by atoms with Gasteiger partial charge in [-0.3, -0.25) is 14.4 Å². The van der Waals surface area contributed by atoms with Crippen molar-refractivity contribution in [3.63, 3.8) is 0 Å². The molecule has 42 heavy (non-hydrogen) atoms. The Morgan fingerprint density at radius 1 is 1.00 bits per heavy atom. The van der Waals surface area contributed by atoms with E-state index in [0.29, 0.717) is 5.56 Å². The van der Waals surface area contributed by atoms with E-state index in [1.165, 1.54) is 30.4 Å². The minimum Gasteiger partial charge on any atom is -0.507 e. The number of hydrogen-bond donors (Lipinski definition) is 5. The topological polar surface area (TPSA) is 188 Å². The van der Waals surface area contributed by atoms with Crippen molar-refractivity contribution >= 4 is 34.8 Å². The van der Waals surface area contributed by atoms with Crippen LogP contribution in [0.2, 0.25) is 0 Å². The third kappa shape index (κ3) is 2.83. The fourth-order valence-electron chi connectivity index (χ4n) is 7.29. The number of benzene rings is 2. The molecule has 5 aliphatic carbocycles. The first-order chi connectivity index (χ1) is 19.9. The molecule has 11 nitrogen and oxygen atoms in total. The smallest absolute Gasteiger partial charge is 0.358 e. The fourth-order valence-corrected chi connectivity index (χ4v) is 7.29. The van der Waals surface area contributed by atoms with Crippen molar-refractivity contribution in [3.05, 3.63) is 74.9 Å². The zero-order chi connectivity index (χ0) is 30.0. The summed E-state index contributed by atoms with van der Waals surface area (Å²) in [5.74, 6) is -6.98. The van der Waals surface area contributed by atoms with Crippen LogP contribution in [-0.4, -0.2) is 67.7 Å². The first kappa shape index (κ1) is 26.0. The number of aryl methyl sites for hydroxylation is 1. The van der Waals surface area contributed by atoms with Crippen molar-refractivity contribution < 1.29 is 54.2 Å². The van der Waals surface area contributed by atoms with Crippen LogP contribution in [0.1, 0.15) is 56.9 Å². The highest BCUT2D eigenvalue weighted by Gasteiger charge is 2.63. The zero-order valence-corrected chi connectivity index (χ0v) is 22.3. The van der Waals surface area contributed by atoms with Crippen LogP contribution in [0.3, 0.4) is 0 Å². The van der Waals surface area contributed by atoms with Gasteiger partial charge in [0.1, 0.15) is 40.4 Å². The quantitative estimate of drug-likeness (QED) is 0.250. The Bertz CT molecular complexity index is 1830. The number of ether oxygens (including phenoxy) is 2. The highest BCUT2D eigenvalue weighted by molar-refractivity contribution is 6.23. The van der Waals surface area contributed by atoms with Gasteiger partial charge in [-0.1, -0.05) is 12.2 Å². The summed E-state index contributed by atoms with van der Waals surface area (Å²) in [7, 11) is 1.02. The first-order valence-electron chi connectivity index (χ1n) is 13.3. The van der Waals surface area contributed by atoms with Gasteiger partial charge in [-0.15, -0.1) is 0 Å². The number of ketones is 3. The van der Waals surface area contributed by atoms with Crippen LogP contribution in [0, 0.1) is 12.3 Å². The molecule has 6 aliphatic rings. The molecule has 1 fully saturated rings. The summed E-state index contributed by atoms with van der Waals surface area (Å²) in [5.41, 5.74) is -4.64. The second-order valence-corrected chi connectivity index (χ2v) is 11.3. The van der Waals surface area contributed by atoms with E-state index >= 15 is 0 Å². The van der Waals surface area contributed by atoms with Crippen molar-refractivity contribution in [1.82, 2.24) is 0 Å². The Hall–Kier alpha value is -4.90. The summed E-state index contributed by atoms with van der Waals surface area (Å²) in [6, 6.07) is 4.12. The van der Waals surface area contributed by atoms with Crippen molar-refractivity contribution in [2.24, 2.45) is 5.41 Å². The Balaban J connectivity index is 1.53. The molecular formula is C31H24O11. The molecule has 2 aromatic rings. The van der Waals surface area contributed by atoms with Gasteiger partial charge in [0, 0.05) is 17.5 Å². The summed E-state index contributed by atoms with van der Waals surface area (Å²) in [5, 5.41) is 55.6. The van der Waals surface area contributed by atoms with Crippen LogP contribution < -0.4 is 4.74 Å². The van der Waals surface area contributed by atoms with Gasteiger partial charge in [0.05, 0.1) is 35.2 Å². The normalized spacial score (nSPS) is 28.8. The lowest BCUT2D eigenvalue weighted by Crippen LogP contribution is -2.61. The van der Waals surface area contributed by atoms with Gasteiger partial charge in [-0.05, 0) is 49.1 Å². The lowest BCUT2D eigenvalue weighted by atomic mass is 9.62. The molecule has 1 aliphatic heterocycles. The average molecular weight is 573 g/mol. The van der Waals surface area contributed by atoms with E-state index in [9.17, 15) is 44.7 Å². The number of aliphatic hydroxyl groups is 3. The summed E-state index contributed by atoms with van der Waals surface area (Å²) < 4.78 is 11.1. The van der Waals surface area contributed by atoms with Crippen molar-refractivity contribution in [1.29, 1.82) is 0 Å². The number of rotatable bonds is 1. The maximum atomic E-state index is 14.2. The molecule has 5 N–H and O–H groups in total. The van der Waals surface area contributed by atoms with E-state index < -0.39 is 69.2 Å². The van der Waals surface area contributed by atoms with Crippen LogP contribution in [-0.2, 0) is 25.5 Å². The number of methoxy groups -OCH3 is 1. The van der Waals surface area contributed by atoms with Crippen LogP contribution >= 0.6 is 0 Å². The molecule has 0 aromatic heterocycles.